The van der Waals surface area contributed by atoms with E-state index in [1.165, 1.54) is 6.07 Å². The van der Waals surface area contributed by atoms with E-state index in [0.29, 0.717) is 0 Å². The summed E-state index contributed by atoms with van der Waals surface area (Å²) in [6.07, 6.45) is 0.871. The van der Waals surface area contributed by atoms with Crippen LogP contribution in [-0.4, -0.2) is 13.1 Å². The zero-order valence-electron chi connectivity index (χ0n) is 10.1. The summed E-state index contributed by atoms with van der Waals surface area (Å²) in [6, 6.07) is 5.08. The monoisotopic (exact) mass is 287 g/mol. The average Bonchev–Trinajstić information content (AvgIpc) is 2.12. The number of rotatable bonds is 5. The second-order valence-electron chi connectivity index (χ2n) is 4.90. The lowest BCUT2D eigenvalue weighted by molar-refractivity contribution is 0.341. The molecule has 90 valence electrons. The summed E-state index contributed by atoms with van der Waals surface area (Å²) in [5.41, 5.74) is 1.18. The highest BCUT2D eigenvalue weighted by Gasteiger charge is 2.18. The molecule has 3 heteroatoms. The molecule has 0 fully saturated rings. The Balaban J connectivity index is 2.71. The summed E-state index contributed by atoms with van der Waals surface area (Å²) < 4.78 is 14.0. The van der Waals surface area contributed by atoms with Crippen LogP contribution in [0.5, 0.6) is 0 Å². The Morgan fingerprint density at radius 1 is 1.31 bits per heavy atom. The van der Waals surface area contributed by atoms with Crippen LogP contribution in [0.15, 0.2) is 22.7 Å². The minimum Gasteiger partial charge on any atom is -0.316 e. The molecule has 0 aliphatic heterocycles. The van der Waals surface area contributed by atoms with Crippen LogP contribution in [0.1, 0.15) is 26.3 Å². The molecular formula is C13H19BrFN. The van der Waals surface area contributed by atoms with Crippen LogP contribution in [0.4, 0.5) is 4.39 Å². The first-order valence-corrected chi connectivity index (χ1v) is 6.38. The molecule has 0 aromatic heterocycles. The Morgan fingerprint density at radius 3 is 2.56 bits per heavy atom. The molecule has 0 atom stereocenters. The standard InChI is InChI=1S/C13H19BrFN/c1-4-16-9-13(2,3)8-10-5-11(14)7-12(15)6-10/h5-7,16H,4,8-9H2,1-3H3. The molecule has 1 rings (SSSR count). The molecule has 0 heterocycles. The third-order valence-corrected chi connectivity index (χ3v) is 2.92. The topological polar surface area (TPSA) is 12.0 Å². The Kier molecular flexibility index (Phi) is 4.93. The van der Waals surface area contributed by atoms with Gasteiger partial charge < -0.3 is 5.32 Å². The molecule has 0 radical (unpaired) electrons. The van der Waals surface area contributed by atoms with Crippen molar-refractivity contribution in [3.8, 4) is 0 Å². The first-order valence-electron chi connectivity index (χ1n) is 5.58. The lowest BCUT2D eigenvalue weighted by Crippen LogP contribution is -2.31. The maximum absolute atomic E-state index is 13.2. The predicted molar refractivity (Wildman–Crippen MR) is 70.1 cm³/mol. The molecule has 1 aromatic carbocycles. The Morgan fingerprint density at radius 2 is 2.00 bits per heavy atom. The van der Waals surface area contributed by atoms with E-state index in [9.17, 15) is 4.39 Å². The van der Waals surface area contributed by atoms with E-state index in [2.05, 4.69) is 42.0 Å². The molecule has 0 bridgehead atoms. The van der Waals surface area contributed by atoms with Crippen molar-refractivity contribution in [3.05, 3.63) is 34.1 Å². The van der Waals surface area contributed by atoms with Crippen molar-refractivity contribution in [3.63, 3.8) is 0 Å². The van der Waals surface area contributed by atoms with E-state index >= 15 is 0 Å². The van der Waals surface area contributed by atoms with Gasteiger partial charge in [-0.15, -0.1) is 0 Å². The molecule has 0 saturated heterocycles. The van der Waals surface area contributed by atoms with Crippen molar-refractivity contribution >= 4 is 15.9 Å². The summed E-state index contributed by atoms with van der Waals surface area (Å²) in [5, 5.41) is 3.33. The number of hydrogen-bond acceptors (Lipinski definition) is 1. The Bertz CT molecular complexity index is 330. The molecule has 1 aromatic rings. The lowest BCUT2D eigenvalue weighted by Gasteiger charge is -2.25. The number of halogens is 2. The van der Waals surface area contributed by atoms with Crippen LogP contribution < -0.4 is 5.32 Å². The summed E-state index contributed by atoms with van der Waals surface area (Å²) in [7, 11) is 0. The fourth-order valence-electron chi connectivity index (χ4n) is 1.79. The Labute approximate surface area is 106 Å². The van der Waals surface area contributed by atoms with Gasteiger partial charge in [0, 0.05) is 11.0 Å². The molecule has 0 aliphatic carbocycles. The van der Waals surface area contributed by atoms with Crippen molar-refractivity contribution in [1.29, 1.82) is 0 Å². The van der Waals surface area contributed by atoms with Gasteiger partial charge in [-0.2, -0.15) is 0 Å². The first kappa shape index (κ1) is 13.7. The van der Waals surface area contributed by atoms with Crippen molar-refractivity contribution in [2.45, 2.75) is 27.2 Å². The number of nitrogens with one attached hydrogen (secondary N) is 1. The molecule has 0 unspecified atom stereocenters. The van der Waals surface area contributed by atoms with Crippen LogP contribution in [-0.2, 0) is 6.42 Å². The summed E-state index contributed by atoms with van der Waals surface area (Å²) >= 11 is 3.32. The molecule has 16 heavy (non-hydrogen) atoms. The highest BCUT2D eigenvalue weighted by atomic mass is 79.9. The van der Waals surface area contributed by atoms with Crippen LogP contribution in [0.2, 0.25) is 0 Å². The fraction of sp³-hybridized carbons (Fsp3) is 0.538. The van der Waals surface area contributed by atoms with E-state index in [4.69, 9.17) is 0 Å². The van der Waals surface area contributed by atoms with Crippen molar-refractivity contribution < 1.29 is 4.39 Å². The van der Waals surface area contributed by atoms with E-state index in [-0.39, 0.29) is 11.2 Å². The third kappa shape index (κ3) is 4.62. The number of hydrogen-bond donors (Lipinski definition) is 1. The van der Waals surface area contributed by atoms with E-state index in [1.807, 2.05) is 6.07 Å². The minimum absolute atomic E-state index is 0.142. The van der Waals surface area contributed by atoms with Gasteiger partial charge in [-0.3, -0.25) is 0 Å². The van der Waals surface area contributed by atoms with Crippen molar-refractivity contribution in [2.24, 2.45) is 5.41 Å². The summed E-state index contributed by atoms with van der Waals surface area (Å²) in [5.74, 6) is -0.177. The first-order chi connectivity index (χ1) is 7.43. The highest BCUT2D eigenvalue weighted by Crippen LogP contribution is 2.24. The molecule has 0 aliphatic rings. The van der Waals surface area contributed by atoms with Gasteiger partial charge in [0.15, 0.2) is 0 Å². The van der Waals surface area contributed by atoms with Gasteiger partial charge >= 0.3 is 0 Å². The van der Waals surface area contributed by atoms with E-state index in [0.717, 1.165) is 29.5 Å². The third-order valence-electron chi connectivity index (χ3n) is 2.46. The van der Waals surface area contributed by atoms with Gasteiger partial charge in [0.25, 0.3) is 0 Å². The lowest BCUT2D eigenvalue weighted by atomic mass is 9.85. The van der Waals surface area contributed by atoms with Crippen LogP contribution in [0, 0.1) is 11.2 Å². The minimum atomic E-state index is -0.177. The SMILES string of the molecule is CCNCC(C)(C)Cc1cc(F)cc(Br)c1. The molecule has 0 saturated carbocycles. The molecule has 1 nitrogen and oxygen atoms in total. The normalized spacial score (nSPS) is 11.8. The maximum Gasteiger partial charge on any atom is 0.124 e. The van der Waals surface area contributed by atoms with Crippen molar-refractivity contribution in [2.75, 3.05) is 13.1 Å². The van der Waals surface area contributed by atoms with Crippen LogP contribution in [0.3, 0.4) is 0 Å². The Hall–Kier alpha value is -0.410. The van der Waals surface area contributed by atoms with E-state index < -0.39 is 0 Å². The second kappa shape index (κ2) is 5.78. The van der Waals surface area contributed by atoms with Crippen molar-refractivity contribution in [1.82, 2.24) is 5.32 Å². The zero-order valence-corrected chi connectivity index (χ0v) is 11.7. The largest absolute Gasteiger partial charge is 0.316 e. The van der Waals surface area contributed by atoms with Gasteiger partial charge in [0.2, 0.25) is 0 Å². The van der Waals surface area contributed by atoms with Gasteiger partial charge in [-0.05, 0) is 42.1 Å². The quantitative estimate of drug-likeness (QED) is 0.869. The average molecular weight is 288 g/mol. The van der Waals surface area contributed by atoms with Gasteiger partial charge in [-0.25, -0.2) is 4.39 Å². The van der Waals surface area contributed by atoms with Crippen LogP contribution in [0.25, 0.3) is 0 Å². The summed E-state index contributed by atoms with van der Waals surface area (Å²) in [6.45, 7) is 8.38. The van der Waals surface area contributed by atoms with Crippen LogP contribution >= 0.6 is 15.9 Å². The molecule has 0 spiro atoms. The van der Waals surface area contributed by atoms with Gasteiger partial charge in [0.1, 0.15) is 5.82 Å². The maximum atomic E-state index is 13.2. The number of benzene rings is 1. The molecule has 1 N–H and O–H groups in total. The highest BCUT2D eigenvalue weighted by molar-refractivity contribution is 9.10. The van der Waals surface area contributed by atoms with Gasteiger partial charge in [0.05, 0.1) is 0 Å². The zero-order chi connectivity index (χ0) is 12.2. The summed E-state index contributed by atoms with van der Waals surface area (Å²) in [4.78, 5) is 0. The smallest absolute Gasteiger partial charge is 0.124 e. The predicted octanol–water partition coefficient (Wildman–Crippen LogP) is 3.77. The van der Waals surface area contributed by atoms with E-state index in [1.54, 1.807) is 6.07 Å². The molecular weight excluding hydrogens is 269 g/mol. The fourth-order valence-corrected chi connectivity index (χ4v) is 2.30. The van der Waals surface area contributed by atoms with Gasteiger partial charge in [-0.1, -0.05) is 36.7 Å². The second-order valence-corrected chi connectivity index (χ2v) is 5.81. The molecule has 0 amide bonds.